The SMILES string of the molecule is CCOCCCNC(=O)c1c(N)n(-c2cc(Cl)ccc2Cl)c2nc3ccccc3nc12. The number of carbonyl (C=O) groups excluding carboxylic acids is 1. The summed E-state index contributed by atoms with van der Waals surface area (Å²) in [5.74, 6) is -0.141. The van der Waals surface area contributed by atoms with Crippen molar-refractivity contribution in [3.05, 3.63) is 58.1 Å². The monoisotopic (exact) mass is 457 g/mol. The molecule has 2 heterocycles. The summed E-state index contributed by atoms with van der Waals surface area (Å²) in [5.41, 5.74) is 9.42. The lowest BCUT2D eigenvalue weighted by atomic mass is 10.2. The van der Waals surface area contributed by atoms with E-state index in [-0.39, 0.29) is 17.3 Å². The molecular weight excluding hydrogens is 437 g/mol. The molecule has 0 radical (unpaired) electrons. The molecule has 9 heteroatoms. The van der Waals surface area contributed by atoms with Crippen LogP contribution in [0.4, 0.5) is 5.82 Å². The quantitative estimate of drug-likeness (QED) is 0.394. The molecule has 4 rings (SSSR count). The maximum Gasteiger partial charge on any atom is 0.257 e. The van der Waals surface area contributed by atoms with Crippen molar-refractivity contribution < 1.29 is 9.53 Å². The number of anilines is 1. The number of nitrogens with zero attached hydrogens (tertiary/aromatic N) is 3. The van der Waals surface area contributed by atoms with E-state index in [0.29, 0.717) is 64.1 Å². The summed E-state index contributed by atoms with van der Waals surface area (Å²) in [5, 5.41) is 3.80. The first-order chi connectivity index (χ1) is 15.0. The van der Waals surface area contributed by atoms with E-state index in [1.165, 1.54) is 0 Å². The number of nitrogens with two attached hydrogens (primary N) is 1. The van der Waals surface area contributed by atoms with Gasteiger partial charge in [0.1, 0.15) is 16.9 Å². The fourth-order valence-corrected chi connectivity index (χ4v) is 3.76. The van der Waals surface area contributed by atoms with E-state index >= 15 is 0 Å². The highest BCUT2D eigenvalue weighted by Gasteiger charge is 2.25. The number of fused-ring (bicyclic) bond motifs is 2. The van der Waals surface area contributed by atoms with Gasteiger partial charge in [-0.15, -0.1) is 0 Å². The zero-order valence-corrected chi connectivity index (χ0v) is 18.4. The lowest BCUT2D eigenvalue weighted by molar-refractivity contribution is 0.0946. The van der Waals surface area contributed by atoms with E-state index in [1.807, 2.05) is 31.2 Å². The number of carbonyl (C=O) groups is 1. The summed E-state index contributed by atoms with van der Waals surface area (Å²) < 4.78 is 6.94. The minimum atomic E-state index is -0.333. The second-order valence-electron chi connectivity index (χ2n) is 6.88. The molecule has 0 aliphatic carbocycles. The average molecular weight is 458 g/mol. The highest BCUT2D eigenvalue weighted by atomic mass is 35.5. The fraction of sp³-hybridized carbons (Fsp3) is 0.227. The highest BCUT2D eigenvalue weighted by molar-refractivity contribution is 6.34. The van der Waals surface area contributed by atoms with Crippen molar-refractivity contribution in [1.82, 2.24) is 19.9 Å². The van der Waals surface area contributed by atoms with Crippen molar-refractivity contribution in [2.24, 2.45) is 0 Å². The van der Waals surface area contributed by atoms with Gasteiger partial charge in [0.05, 0.1) is 21.7 Å². The Labute approximate surface area is 189 Å². The molecule has 0 atom stereocenters. The number of amides is 1. The maximum atomic E-state index is 13.1. The van der Waals surface area contributed by atoms with Gasteiger partial charge in [0.2, 0.25) is 0 Å². The van der Waals surface area contributed by atoms with E-state index in [0.717, 1.165) is 0 Å². The molecule has 31 heavy (non-hydrogen) atoms. The summed E-state index contributed by atoms with van der Waals surface area (Å²) in [6, 6.07) is 12.5. The summed E-state index contributed by atoms with van der Waals surface area (Å²) >= 11 is 12.6. The van der Waals surface area contributed by atoms with Gasteiger partial charge in [-0.05, 0) is 43.7 Å². The van der Waals surface area contributed by atoms with Crippen molar-refractivity contribution in [3.63, 3.8) is 0 Å². The van der Waals surface area contributed by atoms with Gasteiger partial charge in [0.25, 0.3) is 5.91 Å². The number of benzene rings is 2. The minimum absolute atomic E-state index is 0.191. The van der Waals surface area contributed by atoms with Crippen molar-refractivity contribution in [2.45, 2.75) is 13.3 Å². The van der Waals surface area contributed by atoms with Crippen LogP contribution in [0.3, 0.4) is 0 Å². The Kier molecular flexibility index (Phi) is 6.27. The van der Waals surface area contributed by atoms with Gasteiger partial charge in [-0.3, -0.25) is 9.36 Å². The zero-order chi connectivity index (χ0) is 22.0. The molecule has 7 nitrogen and oxygen atoms in total. The molecule has 0 aliphatic heterocycles. The first kappa shape index (κ1) is 21.4. The van der Waals surface area contributed by atoms with Crippen molar-refractivity contribution in [1.29, 1.82) is 0 Å². The minimum Gasteiger partial charge on any atom is -0.384 e. The van der Waals surface area contributed by atoms with Gasteiger partial charge in [-0.2, -0.15) is 0 Å². The third-order valence-electron chi connectivity index (χ3n) is 4.83. The molecule has 0 aliphatic rings. The van der Waals surface area contributed by atoms with Crippen molar-refractivity contribution >= 4 is 57.1 Å². The maximum absolute atomic E-state index is 13.1. The normalized spacial score (nSPS) is 11.3. The van der Waals surface area contributed by atoms with E-state index < -0.39 is 0 Å². The smallest absolute Gasteiger partial charge is 0.257 e. The Morgan fingerprint density at radius 3 is 2.65 bits per heavy atom. The van der Waals surface area contributed by atoms with E-state index in [4.69, 9.17) is 43.6 Å². The fourth-order valence-electron chi connectivity index (χ4n) is 3.40. The molecule has 1 amide bonds. The van der Waals surface area contributed by atoms with E-state index in [9.17, 15) is 4.79 Å². The number of para-hydroxylation sites is 2. The largest absolute Gasteiger partial charge is 0.384 e. The first-order valence-corrected chi connectivity index (χ1v) is 10.6. The van der Waals surface area contributed by atoms with Crippen molar-refractivity contribution in [3.8, 4) is 5.69 Å². The Morgan fingerprint density at radius 1 is 1.16 bits per heavy atom. The third kappa shape index (κ3) is 4.17. The number of halogens is 2. The molecule has 2 aromatic carbocycles. The number of nitrogen functional groups attached to an aromatic ring is 1. The molecule has 2 aromatic heterocycles. The Bertz CT molecular complexity index is 1270. The number of hydrogen-bond acceptors (Lipinski definition) is 5. The number of hydrogen-bond donors (Lipinski definition) is 2. The highest BCUT2D eigenvalue weighted by Crippen LogP contribution is 2.34. The summed E-state index contributed by atoms with van der Waals surface area (Å²) in [6.45, 7) is 3.58. The summed E-state index contributed by atoms with van der Waals surface area (Å²) in [6.07, 6.45) is 0.687. The molecule has 0 unspecified atom stereocenters. The second kappa shape index (κ2) is 9.09. The molecule has 0 saturated carbocycles. The zero-order valence-electron chi connectivity index (χ0n) is 16.9. The Morgan fingerprint density at radius 2 is 1.90 bits per heavy atom. The molecule has 0 fully saturated rings. The van der Waals surface area contributed by atoms with Crippen LogP contribution in [-0.4, -0.2) is 40.2 Å². The van der Waals surface area contributed by atoms with Gasteiger partial charge in [0, 0.05) is 24.8 Å². The number of rotatable bonds is 7. The van der Waals surface area contributed by atoms with Crippen LogP contribution in [0.5, 0.6) is 0 Å². The lowest BCUT2D eigenvalue weighted by Gasteiger charge is -2.10. The first-order valence-electron chi connectivity index (χ1n) is 9.89. The Hall–Kier alpha value is -2.87. The molecular formula is C22H21Cl2N5O2. The molecule has 4 aromatic rings. The van der Waals surface area contributed by atoms with Crippen LogP contribution in [0.15, 0.2) is 42.5 Å². The van der Waals surface area contributed by atoms with Gasteiger partial charge < -0.3 is 15.8 Å². The van der Waals surface area contributed by atoms with Crippen LogP contribution in [0.1, 0.15) is 23.7 Å². The van der Waals surface area contributed by atoms with Crippen molar-refractivity contribution in [2.75, 3.05) is 25.5 Å². The van der Waals surface area contributed by atoms with Crippen LogP contribution in [0, 0.1) is 0 Å². The predicted octanol–water partition coefficient (Wildman–Crippen LogP) is 4.62. The van der Waals surface area contributed by atoms with Gasteiger partial charge in [0.15, 0.2) is 5.65 Å². The van der Waals surface area contributed by atoms with E-state index in [1.54, 1.807) is 22.8 Å². The topological polar surface area (TPSA) is 95.1 Å². The standard InChI is InChI=1S/C22H21Cl2N5O2/c1-2-31-11-5-10-26-22(30)18-19-21(28-16-7-4-3-6-15(16)27-19)29(20(18)25)17-12-13(23)8-9-14(17)24/h3-4,6-9,12H,2,5,10-11,25H2,1H3,(H,26,30). The molecule has 3 N–H and O–H groups in total. The van der Waals surface area contributed by atoms with E-state index in [2.05, 4.69) is 5.32 Å². The summed E-state index contributed by atoms with van der Waals surface area (Å²) in [4.78, 5) is 22.5. The second-order valence-corrected chi connectivity index (χ2v) is 7.73. The third-order valence-corrected chi connectivity index (χ3v) is 5.38. The number of ether oxygens (including phenoxy) is 1. The van der Waals surface area contributed by atoms with Gasteiger partial charge in [-0.25, -0.2) is 9.97 Å². The van der Waals surface area contributed by atoms with Gasteiger partial charge >= 0.3 is 0 Å². The Balaban J connectivity index is 1.87. The molecule has 0 spiro atoms. The van der Waals surface area contributed by atoms with Crippen LogP contribution < -0.4 is 11.1 Å². The van der Waals surface area contributed by atoms with Crippen LogP contribution >= 0.6 is 23.2 Å². The number of nitrogens with one attached hydrogen (secondary N) is 1. The van der Waals surface area contributed by atoms with Crippen LogP contribution in [0.25, 0.3) is 27.9 Å². The van der Waals surface area contributed by atoms with Crippen LogP contribution in [-0.2, 0) is 4.74 Å². The van der Waals surface area contributed by atoms with Crippen LogP contribution in [0.2, 0.25) is 10.0 Å². The summed E-state index contributed by atoms with van der Waals surface area (Å²) in [7, 11) is 0. The lowest BCUT2D eigenvalue weighted by Crippen LogP contribution is -2.26. The van der Waals surface area contributed by atoms with Gasteiger partial charge in [-0.1, -0.05) is 35.3 Å². The molecule has 160 valence electrons. The predicted molar refractivity (Wildman–Crippen MR) is 124 cm³/mol. The molecule has 0 saturated heterocycles. The average Bonchev–Trinajstić information content (AvgIpc) is 3.04. The molecule has 0 bridgehead atoms. The number of aromatic nitrogens is 3.